The summed E-state index contributed by atoms with van der Waals surface area (Å²) in [5, 5.41) is 3.10. The lowest BCUT2D eigenvalue weighted by Crippen LogP contribution is -2.13. The Bertz CT molecular complexity index is 1230. The number of aryl methyl sites for hydroxylation is 2. The van der Waals surface area contributed by atoms with Crippen LogP contribution in [0.5, 0.6) is 0 Å². The molecule has 0 amide bonds. The monoisotopic (exact) mass is 528 g/mol. The minimum Gasteiger partial charge on any atom is -0.347 e. The highest BCUT2D eigenvalue weighted by molar-refractivity contribution is 5.86. The van der Waals surface area contributed by atoms with Gasteiger partial charge in [-0.25, -0.2) is 8.78 Å². The Labute approximate surface area is 233 Å². The number of hydrogen-bond donors (Lipinski definition) is 1. The van der Waals surface area contributed by atoms with Gasteiger partial charge in [-0.2, -0.15) is 0 Å². The fourth-order valence-corrected chi connectivity index (χ4v) is 5.14. The van der Waals surface area contributed by atoms with Crippen LogP contribution in [-0.4, -0.2) is 18.8 Å². The normalized spacial score (nSPS) is 14.7. The van der Waals surface area contributed by atoms with Gasteiger partial charge in [-0.15, -0.1) is 0 Å². The highest BCUT2D eigenvalue weighted by Gasteiger charge is 2.22. The molecule has 1 N–H and O–H groups in total. The number of allylic oxidation sites excluding steroid dienone is 7. The summed E-state index contributed by atoms with van der Waals surface area (Å²) < 4.78 is 26.3. The van der Waals surface area contributed by atoms with Gasteiger partial charge in [-0.3, -0.25) is 4.99 Å². The average molecular weight is 529 g/mol. The van der Waals surface area contributed by atoms with E-state index in [9.17, 15) is 8.78 Å². The van der Waals surface area contributed by atoms with E-state index < -0.39 is 5.92 Å². The average Bonchev–Trinajstić information content (AvgIpc) is 3.23. The van der Waals surface area contributed by atoms with Gasteiger partial charge in [-0.1, -0.05) is 73.4 Å². The first-order valence-corrected chi connectivity index (χ1v) is 13.8. The smallest absolute Gasteiger partial charge is 0.249 e. The molecule has 0 aromatic heterocycles. The van der Waals surface area contributed by atoms with Crippen molar-refractivity contribution in [3.05, 3.63) is 119 Å². The quantitative estimate of drug-likeness (QED) is 0.112. The molecule has 0 fully saturated rings. The van der Waals surface area contributed by atoms with E-state index in [2.05, 4.69) is 73.7 Å². The number of halogens is 2. The van der Waals surface area contributed by atoms with Crippen LogP contribution < -0.4 is 5.32 Å². The molecule has 0 saturated heterocycles. The van der Waals surface area contributed by atoms with Crippen LogP contribution in [0.3, 0.4) is 0 Å². The van der Waals surface area contributed by atoms with Crippen LogP contribution >= 0.6 is 0 Å². The first-order chi connectivity index (χ1) is 18.7. The second-order valence-corrected chi connectivity index (χ2v) is 10.5. The van der Waals surface area contributed by atoms with Gasteiger partial charge in [-0.05, 0) is 110 Å². The van der Waals surface area contributed by atoms with Crippen molar-refractivity contribution in [3.8, 4) is 0 Å². The summed E-state index contributed by atoms with van der Waals surface area (Å²) in [7, 11) is 0. The third kappa shape index (κ3) is 9.62. The predicted octanol–water partition coefficient (Wildman–Crippen LogP) is 9.97. The molecule has 4 heteroatoms. The highest BCUT2D eigenvalue weighted by Crippen LogP contribution is 2.42. The summed E-state index contributed by atoms with van der Waals surface area (Å²) in [4.78, 5) is 4.40. The summed E-state index contributed by atoms with van der Waals surface area (Å²) in [6.45, 7) is 14.3. The Morgan fingerprint density at radius 1 is 1.08 bits per heavy atom. The minimum atomic E-state index is -2.70. The van der Waals surface area contributed by atoms with Gasteiger partial charge in [0.15, 0.2) is 0 Å². The Morgan fingerprint density at radius 2 is 1.79 bits per heavy atom. The van der Waals surface area contributed by atoms with Gasteiger partial charge < -0.3 is 5.32 Å². The van der Waals surface area contributed by atoms with E-state index in [1.807, 2.05) is 6.08 Å². The van der Waals surface area contributed by atoms with E-state index in [-0.39, 0.29) is 6.42 Å². The van der Waals surface area contributed by atoms with Gasteiger partial charge in [0.05, 0.1) is 6.34 Å². The number of nitrogens with one attached hydrogen (secondary N) is 1. The number of hydrogen-bond acceptors (Lipinski definition) is 1. The molecule has 0 aliphatic heterocycles. The van der Waals surface area contributed by atoms with Crippen LogP contribution in [0, 0.1) is 13.8 Å². The molecule has 1 aliphatic rings. The summed E-state index contributed by atoms with van der Waals surface area (Å²) in [6, 6.07) is 13.5. The lowest BCUT2D eigenvalue weighted by atomic mass is 9.90. The van der Waals surface area contributed by atoms with Crippen LogP contribution in [0.4, 0.5) is 14.5 Å². The molecule has 0 atom stereocenters. The molecule has 3 rings (SSSR count). The van der Waals surface area contributed by atoms with Gasteiger partial charge in [0.1, 0.15) is 0 Å². The maximum absolute atomic E-state index is 13.1. The molecule has 0 heterocycles. The Kier molecular flexibility index (Phi) is 11.2. The van der Waals surface area contributed by atoms with Crippen LogP contribution in [0.1, 0.15) is 67.7 Å². The number of anilines is 1. The second-order valence-electron chi connectivity index (χ2n) is 10.5. The number of nitrogens with zero attached hydrogens (tertiary/aromatic N) is 1. The van der Waals surface area contributed by atoms with Crippen LogP contribution in [0.2, 0.25) is 0 Å². The maximum Gasteiger partial charge on any atom is 0.249 e. The van der Waals surface area contributed by atoms with E-state index in [0.29, 0.717) is 12.1 Å². The van der Waals surface area contributed by atoms with Gasteiger partial charge in [0.25, 0.3) is 0 Å². The van der Waals surface area contributed by atoms with Crippen LogP contribution in [0.25, 0.3) is 5.57 Å². The third-order valence-electron chi connectivity index (χ3n) is 6.99. The van der Waals surface area contributed by atoms with Crippen molar-refractivity contribution in [2.45, 2.75) is 71.6 Å². The molecule has 206 valence electrons. The van der Waals surface area contributed by atoms with Crippen molar-refractivity contribution in [1.82, 2.24) is 0 Å². The van der Waals surface area contributed by atoms with Crippen LogP contribution in [0.15, 0.2) is 102 Å². The Morgan fingerprint density at radius 3 is 2.46 bits per heavy atom. The van der Waals surface area contributed by atoms with Gasteiger partial charge in [0.2, 0.25) is 5.92 Å². The molecule has 39 heavy (non-hydrogen) atoms. The van der Waals surface area contributed by atoms with Crippen molar-refractivity contribution < 1.29 is 8.78 Å². The first-order valence-electron chi connectivity index (χ1n) is 13.8. The van der Waals surface area contributed by atoms with E-state index in [4.69, 9.17) is 0 Å². The number of benzene rings is 2. The predicted molar refractivity (Wildman–Crippen MR) is 165 cm³/mol. The van der Waals surface area contributed by atoms with E-state index in [1.54, 1.807) is 36.2 Å². The summed E-state index contributed by atoms with van der Waals surface area (Å²) >= 11 is 0. The van der Waals surface area contributed by atoms with Gasteiger partial charge >= 0.3 is 0 Å². The molecule has 1 aliphatic carbocycles. The number of alkyl halides is 2. The Balaban J connectivity index is 1.46. The molecule has 0 unspecified atom stereocenters. The van der Waals surface area contributed by atoms with Crippen LogP contribution in [-0.2, 0) is 6.42 Å². The topological polar surface area (TPSA) is 24.4 Å². The lowest BCUT2D eigenvalue weighted by molar-refractivity contribution is 0.0226. The van der Waals surface area contributed by atoms with E-state index in [1.165, 1.54) is 33.4 Å². The van der Waals surface area contributed by atoms with Crippen molar-refractivity contribution in [1.29, 1.82) is 0 Å². The van der Waals surface area contributed by atoms with E-state index >= 15 is 0 Å². The third-order valence-corrected chi connectivity index (χ3v) is 6.99. The summed E-state index contributed by atoms with van der Waals surface area (Å²) in [5.74, 6) is -2.70. The first kappa shape index (κ1) is 30.0. The summed E-state index contributed by atoms with van der Waals surface area (Å²) in [6.07, 6.45) is 15.9. The maximum atomic E-state index is 13.1. The Hall–Kier alpha value is -3.53. The highest BCUT2D eigenvalue weighted by atomic mass is 19.3. The molecule has 0 spiro atoms. The lowest BCUT2D eigenvalue weighted by Gasteiger charge is -2.15. The molecular weight excluding hydrogens is 486 g/mol. The second kappa shape index (κ2) is 14.6. The standard InChI is InChI=1S/C35H42F2N2/c1-6-11-29(14-7-8-23-38-25-39-32-21-18-30(19-22-32)24-35(5,36)37)15-10-16-31-20-17-28(4)34(31)33-26(2)12-9-13-27(33)3/h6-7,9,11-14,18-19,21-22,25H,1,4,8,10,15-17,20,23-24H2,2-3,5H3,(H,38,39)/b14-7-,29-11+. The fourth-order valence-electron chi connectivity index (χ4n) is 5.14. The zero-order chi connectivity index (χ0) is 28.3. The molecule has 2 aromatic carbocycles. The van der Waals surface area contributed by atoms with Gasteiger partial charge in [0, 0.05) is 18.7 Å². The fraction of sp³-hybridized carbons (Fsp3) is 0.343. The number of aliphatic imine (C=N–C) groups is 1. The molecule has 2 nitrogen and oxygen atoms in total. The van der Waals surface area contributed by atoms with Crippen molar-refractivity contribution in [2.24, 2.45) is 4.99 Å². The zero-order valence-electron chi connectivity index (χ0n) is 23.7. The molecular formula is C35H42F2N2. The summed E-state index contributed by atoms with van der Waals surface area (Å²) in [5.41, 5.74) is 11.0. The molecule has 0 saturated carbocycles. The molecule has 0 radical (unpaired) electrons. The van der Waals surface area contributed by atoms with Crippen molar-refractivity contribution in [2.75, 3.05) is 11.9 Å². The molecule has 0 bridgehead atoms. The largest absolute Gasteiger partial charge is 0.347 e. The number of rotatable bonds is 14. The minimum absolute atomic E-state index is 0.252. The van der Waals surface area contributed by atoms with E-state index in [0.717, 1.165) is 51.1 Å². The van der Waals surface area contributed by atoms with Crippen molar-refractivity contribution >= 4 is 17.6 Å². The van der Waals surface area contributed by atoms with Crippen molar-refractivity contribution in [3.63, 3.8) is 0 Å². The SMILES string of the molecule is C=C/C=C(\C=C/CC/N=C\Nc1ccc(CC(C)(F)F)cc1)CCCC1=C(c2c(C)cccc2C)C(=C)CC1. The zero-order valence-corrected chi connectivity index (χ0v) is 23.7. The molecule has 2 aromatic rings.